The van der Waals surface area contributed by atoms with Crippen LogP contribution < -0.4 is 11.4 Å². The Kier molecular flexibility index (Phi) is 2.21. The van der Waals surface area contributed by atoms with E-state index >= 15 is 0 Å². The fourth-order valence-electron chi connectivity index (χ4n) is 1.28. The van der Waals surface area contributed by atoms with Crippen LogP contribution in [0.4, 0.5) is 0 Å². The summed E-state index contributed by atoms with van der Waals surface area (Å²) in [4.78, 5) is 26.7. The van der Waals surface area contributed by atoms with Crippen molar-refractivity contribution in [2.45, 2.75) is 0 Å². The number of hydrogen-bond donors (Lipinski definition) is 0. The lowest BCUT2D eigenvalue weighted by Gasteiger charge is -2.04. The maximum Gasteiger partial charge on any atom is 0.357 e. The van der Waals surface area contributed by atoms with Gasteiger partial charge in [0.05, 0.1) is 5.69 Å². The first kappa shape index (κ1) is 9.39. The highest BCUT2D eigenvalue weighted by Crippen LogP contribution is 1.99. The van der Waals surface area contributed by atoms with E-state index in [2.05, 4.69) is 4.98 Å². The van der Waals surface area contributed by atoms with E-state index in [0.717, 1.165) is 4.57 Å². The molecule has 0 saturated heterocycles. The van der Waals surface area contributed by atoms with Crippen LogP contribution in [0.25, 0.3) is 5.69 Å². The van der Waals surface area contributed by atoms with Gasteiger partial charge >= 0.3 is 11.4 Å². The molecule has 5 nitrogen and oxygen atoms in total. The fourth-order valence-corrected chi connectivity index (χ4v) is 1.28. The topological polar surface area (TPSA) is 56.9 Å². The van der Waals surface area contributed by atoms with Crippen molar-refractivity contribution in [1.29, 1.82) is 0 Å². The van der Waals surface area contributed by atoms with Crippen molar-refractivity contribution in [1.82, 2.24) is 14.1 Å². The third-order valence-corrected chi connectivity index (χ3v) is 2.04. The maximum atomic E-state index is 11.7. The molecule has 0 saturated carbocycles. The molecule has 1 aromatic heterocycles. The van der Waals surface area contributed by atoms with Crippen LogP contribution in [0.1, 0.15) is 0 Å². The second-order valence-corrected chi connectivity index (χ2v) is 3.09. The van der Waals surface area contributed by atoms with Crippen molar-refractivity contribution in [2.24, 2.45) is 7.05 Å². The minimum absolute atomic E-state index is 0.402. The maximum absolute atomic E-state index is 11.7. The summed E-state index contributed by atoms with van der Waals surface area (Å²) in [6.45, 7) is 0. The van der Waals surface area contributed by atoms with Gasteiger partial charge in [0.25, 0.3) is 0 Å². The molecule has 0 radical (unpaired) electrons. The van der Waals surface area contributed by atoms with E-state index < -0.39 is 11.4 Å². The van der Waals surface area contributed by atoms with Crippen LogP contribution in [-0.4, -0.2) is 14.1 Å². The van der Waals surface area contributed by atoms with Crippen molar-refractivity contribution in [2.75, 3.05) is 0 Å². The Bertz CT molecular complexity index is 584. The van der Waals surface area contributed by atoms with Crippen molar-refractivity contribution in [3.05, 3.63) is 57.6 Å². The van der Waals surface area contributed by atoms with Gasteiger partial charge < -0.3 is 0 Å². The molecule has 0 N–H and O–H groups in total. The minimum Gasteiger partial charge on any atom is -0.287 e. The Morgan fingerprint density at radius 2 is 1.80 bits per heavy atom. The molecule has 0 unspecified atom stereocenters. The highest BCUT2D eigenvalue weighted by Gasteiger charge is 2.05. The van der Waals surface area contributed by atoms with E-state index in [1.165, 1.54) is 10.9 Å². The third-order valence-electron chi connectivity index (χ3n) is 2.04. The molecule has 5 heteroatoms. The van der Waals surface area contributed by atoms with Gasteiger partial charge in [-0.25, -0.2) is 14.2 Å². The summed E-state index contributed by atoms with van der Waals surface area (Å²) in [6.07, 6.45) is 1.21. The monoisotopic (exact) mass is 203 g/mol. The molecule has 0 bridgehead atoms. The molecule has 76 valence electrons. The zero-order valence-electron chi connectivity index (χ0n) is 8.12. The van der Waals surface area contributed by atoms with Crippen LogP contribution in [0.5, 0.6) is 0 Å². The number of nitrogens with zero attached hydrogens (tertiary/aromatic N) is 3. The van der Waals surface area contributed by atoms with Gasteiger partial charge in [0.1, 0.15) is 6.33 Å². The number of rotatable bonds is 1. The van der Waals surface area contributed by atoms with Crippen molar-refractivity contribution in [3.8, 4) is 5.69 Å². The Morgan fingerprint density at radius 1 is 1.13 bits per heavy atom. The van der Waals surface area contributed by atoms with Crippen molar-refractivity contribution >= 4 is 0 Å². The molecule has 2 rings (SSSR count). The molecule has 1 aromatic carbocycles. The van der Waals surface area contributed by atoms with Crippen LogP contribution in [0.15, 0.2) is 46.2 Å². The predicted molar refractivity (Wildman–Crippen MR) is 55.1 cm³/mol. The summed E-state index contributed by atoms with van der Waals surface area (Å²) in [5, 5.41) is 0. The Hall–Kier alpha value is -2.17. The molecule has 0 aliphatic rings. The van der Waals surface area contributed by atoms with Gasteiger partial charge in [0.2, 0.25) is 0 Å². The zero-order valence-corrected chi connectivity index (χ0v) is 8.12. The first-order valence-electron chi connectivity index (χ1n) is 4.40. The van der Waals surface area contributed by atoms with Crippen LogP contribution in [-0.2, 0) is 7.05 Å². The van der Waals surface area contributed by atoms with Gasteiger partial charge in [-0.2, -0.15) is 4.98 Å². The molecule has 0 amide bonds. The van der Waals surface area contributed by atoms with Crippen molar-refractivity contribution in [3.63, 3.8) is 0 Å². The molecule has 0 atom stereocenters. The smallest absolute Gasteiger partial charge is 0.287 e. The first-order chi connectivity index (χ1) is 7.20. The third kappa shape index (κ3) is 1.59. The lowest BCUT2D eigenvalue weighted by molar-refractivity contribution is 0.692. The van der Waals surface area contributed by atoms with E-state index in [1.807, 2.05) is 6.07 Å². The van der Waals surface area contributed by atoms with Crippen LogP contribution in [0.2, 0.25) is 0 Å². The number of hydrogen-bond acceptors (Lipinski definition) is 3. The summed E-state index contributed by atoms with van der Waals surface area (Å²) in [7, 11) is 1.55. The number of para-hydroxylation sites is 1. The van der Waals surface area contributed by atoms with Gasteiger partial charge in [0.15, 0.2) is 0 Å². The SMILES string of the molecule is Cn1cnc(=O)n(-c2ccccc2)c1=O. The first-order valence-corrected chi connectivity index (χ1v) is 4.40. The predicted octanol–water partition coefficient (Wildman–Crippen LogP) is -0.0688. The van der Waals surface area contributed by atoms with E-state index in [4.69, 9.17) is 0 Å². The van der Waals surface area contributed by atoms with Gasteiger partial charge in [-0.3, -0.25) is 4.57 Å². The number of aromatic nitrogens is 3. The highest BCUT2D eigenvalue weighted by atomic mass is 16.2. The van der Waals surface area contributed by atoms with E-state index in [0.29, 0.717) is 5.69 Å². The zero-order chi connectivity index (χ0) is 10.8. The Labute approximate surface area is 85.3 Å². The second kappa shape index (κ2) is 3.53. The minimum atomic E-state index is -0.565. The Balaban J connectivity index is 2.80. The summed E-state index contributed by atoms with van der Waals surface area (Å²) < 4.78 is 2.29. The summed E-state index contributed by atoms with van der Waals surface area (Å²) in [5.41, 5.74) is -0.443. The molecule has 2 aromatic rings. The Morgan fingerprint density at radius 3 is 2.47 bits per heavy atom. The van der Waals surface area contributed by atoms with Gasteiger partial charge in [0, 0.05) is 7.05 Å². The van der Waals surface area contributed by atoms with Crippen LogP contribution >= 0.6 is 0 Å². The van der Waals surface area contributed by atoms with Crippen molar-refractivity contribution < 1.29 is 0 Å². The molecular weight excluding hydrogens is 194 g/mol. The van der Waals surface area contributed by atoms with Gasteiger partial charge in [-0.15, -0.1) is 0 Å². The summed E-state index contributed by atoms with van der Waals surface area (Å²) in [6, 6.07) is 8.70. The quantitative estimate of drug-likeness (QED) is 0.652. The van der Waals surface area contributed by atoms with E-state index in [1.54, 1.807) is 31.3 Å². The van der Waals surface area contributed by atoms with Crippen LogP contribution in [0.3, 0.4) is 0 Å². The molecular formula is C10H9N3O2. The van der Waals surface area contributed by atoms with Gasteiger partial charge in [-0.05, 0) is 12.1 Å². The highest BCUT2D eigenvalue weighted by molar-refractivity contribution is 5.30. The molecule has 0 aliphatic heterocycles. The standard InChI is InChI=1S/C10H9N3O2/c1-12-7-11-9(14)13(10(12)15)8-5-3-2-4-6-8/h2-7H,1H3. The fraction of sp³-hybridized carbons (Fsp3) is 0.100. The van der Waals surface area contributed by atoms with E-state index in [9.17, 15) is 9.59 Å². The average Bonchev–Trinajstić information content (AvgIpc) is 2.26. The lowest BCUT2D eigenvalue weighted by Crippen LogP contribution is -2.38. The molecule has 15 heavy (non-hydrogen) atoms. The average molecular weight is 203 g/mol. The number of benzene rings is 1. The van der Waals surface area contributed by atoms with Gasteiger partial charge in [-0.1, -0.05) is 18.2 Å². The second-order valence-electron chi connectivity index (χ2n) is 3.09. The summed E-state index contributed by atoms with van der Waals surface area (Å²) >= 11 is 0. The largest absolute Gasteiger partial charge is 0.357 e. The van der Waals surface area contributed by atoms with Crippen LogP contribution in [0, 0.1) is 0 Å². The summed E-state index contributed by atoms with van der Waals surface area (Å²) in [5.74, 6) is 0. The number of aryl methyl sites for hydroxylation is 1. The normalized spacial score (nSPS) is 10.2. The molecule has 0 aliphatic carbocycles. The molecule has 0 spiro atoms. The van der Waals surface area contributed by atoms with E-state index in [-0.39, 0.29) is 0 Å². The lowest BCUT2D eigenvalue weighted by atomic mass is 10.3. The molecule has 0 fully saturated rings. The molecule has 1 heterocycles.